The van der Waals surface area contributed by atoms with Crippen molar-refractivity contribution in [3.63, 3.8) is 0 Å². The molecule has 0 bridgehead atoms. The molecule has 1 aromatic carbocycles. The number of aryl methyl sites for hydroxylation is 1. The van der Waals surface area contributed by atoms with Crippen molar-refractivity contribution in [2.24, 2.45) is 5.73 Å². The van der Waals surface area contributed by atoms with Crippen LogP contribution in [0.5, 0.6) is 0 Å². The summed E-state index contributed by atoms with van der Waals surface area (Å²) in [6, 6.07) is 9.16. The van der Waals surface area contributed by atoms with E-state index >= 15 is 0 Å². The van der Waals surface area contributed by atoms with E-state index in [1.807, 2.05) is 37.3 Å². The highest BCUT2D eigenvalue weighted by atomic mass is 35.5. The summed E-state index contributed by atoms with van der Waals surface area (Å²) >= 11 is 0. The highest BCUT2D eigenvalue weighted by Crippen LogP contribution is 2.13. The third-order valence-electron chi connectivity index (χ3n) is 1.66. The van der Waals surface area contributed by atoms with E-state index in [1.165, 1.54) is 0 Å². The van der Waals surface area contributed by atoms with Crippen LogP contribution in [-0.4, -0.2) is 0 Å². The quantitative estimate of drug-likeness (QED) is 0.722. The zero-order valence-corrected chi connectivity index (χ0v) is 7.64. The molecule has 0 aromatic heterocycles. The van der Waals surface area contributed by atoms with Gasteiger partial charge in [-0.05, 0) is 18.1 Å². The van der Waals surface area contributed by atoms with Crippen molar-refractivity contribution >= 4 is 12.4 Å². The van der Waals surface area contributed by atoms with Crippen molar-refractivity contribution in [1.29, 1.82) is 5.26 Å². The van der Waals surface area contributed by atoms with Gasteiger partial charge in [0.2, 0.25) is 0 Å². The van der Waals surface area contributed by atoms with Crippen molar-refractivity contribution in [1.82, 2.24) is 0 Å². The molecular formula is C9H11ClN2. The largest absolute Gasteiger partial charge is 0.312 e. The van der Waals surface area contributed by atoms with Crippen LogP contribution in [0, 0.1) is 18.3 Å². The van der Waals surface area contributed by atoms with E-state index in [0.29, 0.717) is 0 Å². The van der Waals surface area contributed by atoms with E-state index in [2.05, 4.69) is 0 Å². The molecule has 64 valence electrons. The van der Waals surface area contributed by atoms with Crippen molar-refractivity contribution < 1.29 is 0 Å². The summed E-state index contributed by atoms with van der Waals surface area (Å²) in [5, 5.41) is 8.54. The van der Waals surface area contributed by atoms with Gasteiger partial charge in [-0.3, -0.25) is 0 Å². The molecule has 0 amide bonds. The molecule has 0 aliphatic carbocycles. The normalized spacial score (nSPS) is 11.1. The number of halogens is 1. The Kier molecular flexibility index (Phi) is 4.35. The average Bonchev–Trinajstić information content (AvgIpc) is 2.04. The Morgan fingerprint density at radius 2 is 2.00 bits per heavy atom. The molecule has 0 aliphatic heterocycles. The van der Waals surface area contributed by atoms with Gasteiger partial charge in [0.1, 0.15) is 6.04 Å². The molecule has 0 saturated carbocycles. The molecule has 0 radical (unpaired) electrons. The van der Waals surface area contributed by atoms with Gasteiger partial charge in [-0.2, -0.15) is 5.26 Å². The van der Waals surface area contributed by atoms with Gasteiger partial charge in [-0.15, -0.1) is 12.4 Å². The van der Waals surface area contributed by atoms with E-state index in [4.69, 9.17) is 11.0 Å². The number of nitriles is 1. The second kappa shape index (κ2) is 4.76. The van der Waals surface area contributed by atoms with E-state index in [-0.39, 0.29) is 12.4 Å². The Balaban J connectivity index is 0.00000121. The summed E-state index contributed by atoms with van der Waals surface area (Å²) in [5.41, 5.74) is 7.52. The predicted octanol–water partition coefficient (Wildman–Crippen LogP) is 1.94. The summed E-state index contributed by atoms with van der Waals surface area (Å²) < 4.78 is 0. The lowest BCUT2D eigenvalue weighted by molar-refractivity contribution is 0.914. The van der Waals surface area contributed by atoms with Gasteiger partial charge in [0, 0.05) is 0 Å². The Bertz CT molecular complexity index is 291. The molecule has 0 fully saturated rings. The maximum atomic E-state index is 8.54. The fraction of sp³-hybridized carbons (Fsp3) is 0.222. The lowest BCUT2D eigenvalue weighted by Gasteiger charge is -2.05. The molecule has 0 aliphatic rings. The molecule has 12 heavy (non-hydrogen) atoms. The van der Waals surface area contributed by atoms with Gasteiger partial charge in [0.05, 0.1) is 6.07 Å². The second-order valence-electron chi connectivity index (χ2n) is 2.46. The van der Waals surface area contributed by atoms with Crippen molar-refractivity contribution in [3.05, 3.63) is 35.4 Å². The average molecular weight is 183 g/mol. The van der Waals surface area contributed by atoms with Crippen molar-refractivity contribution in [2.75, 3.05) is 0 Å². The lowest BCUT2D eigenvalue weighted by atomic mass is 10.0. The van der Waals surface area contributed by atoms with E-state index in [1.54, 1.807) is 0 Å². The fourth-order valence-electron chi connectivity index (χ4n) is 1.01. The maximum Gasteiger partial charge on any atom is 0.119 e. The molecule has 1 rings (SSSR count). The number of nitrogens with two attached hydrogens (primary N) is 1. The zero-order valence-electron chi connectivity index (χ0n) is 6.82. The highest BCUT2D eigenvalue weighted by Gasteiger charge is 2.04. The SMILES string of the molecule is Cc1ccccc1[C@@H](N)C#N.Cl. The number of hydrogen-bond donors (Lipinski definition) is 1. The van der Waals surface area contributed by atoms with Crippen LogP contribution in [0.15, 0.2) is 24.3 Å². The molecular weight excluding hydrogens is 172 g/mol. The van der Waals surface area contributed by atoms with Gasteiger partial charge in [-0.25, -0.2) is 0 Å². The summed E-state index contributed by atoms with van der Waals surface area (Å²) in [7, 11) is 0. The Labute approximate surface area is 78.4 Å². The first-order chi connectivity index (χ1) is 5.25. The third kappa shape index (κ3) is 2.23. The van der Waals surface area contributed by atoms with Gasteiger partial charge < -0.3 is 5.73 Å². The minimum absolute atomic E-state index is 0. The van der Waals surface area contributed by atoms with Crippen molar-refractivity contribution in [2.45, 2.75) is 13.0 Å². The number of nitrogens with zero attached hydrogens (tertiary/aromatic N) is 1. The maximum absolute atomic E-state index is 8.54. The smallest absolute Gasteiger partial charge is 0.119 e. The van der Waals surface area contributed by atoms with Gasteiger partial charge >= 0.3 is 0 Å². The first kappa shape index (κ1) is 11.0. The number of rotatable bonds is 1. The summed E-state index contributed by atoms with van der Waals surface area (Å²) in [6.45, 7) is 1.95. The molecule has 1 aromatic rings. The summed E-state index contributed by atoms with van der Waals surface area (Å²) in [5.74, 6) is 0. The van der Waals surface area contributed by atoms with Gasteiger partial charge in [0.15, 0.2) is 0 Å². The molecule has 3 heteroatoms. The van der Waals surface area contributed by atoms with Crippen LogP contribution in [0.2, 0.25) is 0 Å². The van der Waals surface area contributed by atoms with Crippen LogP contribution >= 0.6 is 12.4 Å². The molecule has 2 nitrogen and oxygen atoms in total. The summed E-state index contributed by atoms with van der Waals surface area (Å²) in [4.78, 5) is 0. The van der Waals surface area contributed by atoms with Crippen LogP contribution < -0.4 is 5.73 Å². The third-order valence-corrected chi connectivity index (χ3v) is 1.66. The monoisotopic (exact) mass is 182 g/mol. The van der Waals surface area contributed by atoms with Crippen molar-refractivity contribution in [3.8, 4) is 6.07 Å². The van der Waals surface area contributed by atoms with Gasteiger partial charge in [-0.1, -0.05) is 24.3 Å². The van der Waals surface area contributed by atoms with Crippen LogP contribution in [0.3, 0.4) is 0 Å². The minimum atomic E-state index is -0.490. The van der Waals surface area contributed by atoms with Crippen LogP contribution in [0.1, 0.15) is 17.2 Å². The first-order valence-electron chi connectivity index (χ1n) is 3.46. The molecule has 2 N–H and O–H groups in total. The van der Waals surface area contributed by atoms with E-state index in [9.17, 15) is 0 Å². The Morgan fingerprint density at radius 3 is 2.50 bits per heavy atom. The lowest BCUT2D eigenvalue weighted by Crippen LogP contribution is -2.08. The molecule has 0 unspecified atom stereocenters. The zero-order chi connectivity index (χ0) is 8.27. The Hall–Kier alpha value is -1.04. The fourth-order valence-corrected chi connectivity index (χ4v) is 1.01. The van der Waals surface area contributed by atoms with Crippen LogP contribution in [0.25, 0.3) is 0 Å². The molecule has 0 spiro atoms. The first-order valence-corrected chi connectivity index (χ1v) is 3.46. The van der Waals surface area contributed by atoms with Crippen LogP contribution in [-0.2, 0) is 0 Å². The number of hydrogen-bond acceptors (Lipinski definition) is 2. The highest BCUT2D eigenvalue weighted by molar-refractivity contribution is 5.85. The molecule has 0 saturated heterocycles. The second-order valence-corrected chi connectivity index (χ2v) is 2.46. The Morgan fingerprint density at radius 1 is 1.42 bits per heavy atom. The number of benzene rings is 1. The van der Waals surface area contributed by atoms with Crippen LogP contribution in [0.4, 0.5) is 0 Å². The standard InChI is InChI=1S/C9H10N2.ClH/c1-7-4-2-3-5-8(7)9(11)6-10;/h2-5,9H,11H2,1H3;1H/t9-;/m0./s1. The predicted molar refractivity (Wildman–Crippen MR) is 51.0 cm³/mol. The topological polar surface area (TPSA) is 49.8 Å². The minimum Gasteiger partial charge on any atom is -0.312 e. The van der Waals surface area contributed by atoms with E-state index in [0.717, 1.165) is 11.1 Å². The van der Waals surface area contributed by atoms with E-state index < -0.39 is 6.04 Å². The van der Waals surface area contributed by atoms with Gasteiger partial charge in [0.25, 0.3) is 0 Å². The summed E-state index contributed by atoms with van der Waals surface area (Å²) in [6.07, 6.45) is 0. The molecule has 1 atom stereocenters. The molecule has 0 heterocycles.